The number of hydrogen-bond donors (Lipinski definition) is 2. The minimum absolute atomic E-state index is 0.446. The van der Waals surface area contributed by atoms with Crippen molar-refractivity contribution in [2.24, 2.45) is 0 Å². The van der Waals surface area contributed by atoms with Crippen molar-refractivity contribution in [1.29, 1.82) is 0 Å². The standard InChI is InChI=1S/C10H10ClN3O/c1-15-9-4-6(11)2-3-7(9)8-5-10(12)14-13-8/h2-5H,1H3,(H3,12,13,14). The van der Waals surface area contributed by atoms with Crippen LogP contribution in [0, 0.1) is 0 Å². The van der Waals surface area contributed by atoms with Crippen molar-refractivity contribution in [1.82, 2.24) is 10.2 Å². The van der Waals surface area contributed by atoms with Gasteiger partial charge in [0.25, 0.3) is 0 Å². The molecule has 0 fully saturated rings. The second-order valence-corrected chi connectivity index (χ2v) is 3.49. The summed E-state index contributed by atoms with van der Waals surface area (Å²) >= 11 is 5.86. The largest absolute Gasteiger partial charge is 0.496 e. The van der Waals surface area contributed by atoms with Crippen molar-refractivity contribution in [2.75, 3.05) is 12.8 Å². The maximum atomic E-state index is 5.86. The normalized spacial score (nSPS) is 10.3. The number of benzene rings is 1. The van der Waals surface area contributed by atoms with E-state index >= 15 is 0 Å². The Bertz CT molecular complexity index is 481. The van der Waals surface area contributed by atoms with Crippen LogP contribution in [0.1, 0.15) is 0 Å². The van der Waals surface area contributed by atoms with Crippen LogP contribution in [0.2, 0.25) is 5.02 Å². The molecule has 15 heavy (non-hydrogen) atoms. The topological polar surface area (TPSA) is 63.9 Å². The smallest absolute Gasteiger partial charge is 0.145 e. The zero-order valence-electron chi connectivity index (χ0n) is 8.12. The van der Waals surface area contributed by atoms with Gasteiger partial charge in [-0.3, -0.25) is 5.10 Å². The van der Waals surface area contributed by atoms with Gasteiger partial charge in [0.2, 0.25) is 0 Å². The van der Waals surface area contributed by atoms with Gasteiger partial charge in [-0.25, -0.2) is 0 Å². The van der Waals surface area contributed by atoms with Crippen LogP contribution in [-0.4, -0.2) is 17.3 Å². The fraction of sp³-hybridized carbons (Fsp3) is 0.100. The highest BCUT2D eigenvalue weighted by molar-refractivity contribution is 6.30. The first-order valence-electron chi connectivity index (χ1n) is 4.35. The van der Waals surface area contributed by atoms with Gasteiger partial charge in [-0.2, -0.15) is 5.10 Å². The Morgan fingerprint density at radius 3 is 2.80 bits per heavy atom. The van der Waals surface area contributed by atoms with E-state index in [1.165, 1.54) is 0 Å². The summed E-state index contributed by atoms with van der Waals surface area (Å²) in [6.07, 6.45) is 0. The highest BCUT2D eigenvalue weighted by Crippen LogP contribution is 2.31. The highest BCUT2D eigenvalue weighted by atomic mass is 35.5. The number of methoxy groups -OCH3 is 1. The summed E-state index contributed by atoms with van der Waals surface area (Å²) in [6, 6.07) is 7.13. The molecule has 2 rings (SSSR count). The van der Waals surface area contributed by atoms with Crippen LogP contribution in [0.3, 0.4) is 0 Å². The molecule has 0 aliphatic rings. The maximum absolute atomic E-state index is 5.86. The zero-order valence-corrected chi connectivity index (χ0v) is 8.88. The van der Waals surface area contributed by atoms with E-state index < -0.39 is 0 Å². The highest BCUT2D eigenvalue weighted by Gasteiger charge is 2.08. The predicted octanol–water partition coefficient (Wildman–Crippen LogP) is 2.32. The molecule has 0 radical (unpaired) electrons. The lowest BCUT2D eigenvalue weighted by atomic mass is 10.1. The second kappa shape index (κ2) is 3.82. The number of aromatic amines is 1. The summed E-state index contributed by atoms with van der Waals surface area (Å²) in [5, 5.41) is 7.30. The van der Waals surface area contributed by atoms with Crippen molar-refractivity contribution in [3.8, 4) is 17.0 Å². The minimum Gasteiger partial charge on any atom is -0.496 e. The van der Waals surface area contributed by atoms with Crippen molar-refractivity contribution in [3.63, 3.8) is 0 Å². The molecular formula is C10H10ClN3O. The first kappa shape index (κ1) is 9.86. The Kier molecular flexibility index (Phi) is 2.51. The van der Waals surface area contributed by atoms with Gasteiger partial charge in [-0.15, -0.1) is 0 Å². The van der Waals surface area contributed by atoms with Gasteiger partial charge in [0.1, 0.15) is 11.6 Å². The van der Waals surface area contributed by atoms with E-state index in [1.54, 1.807) is 25.3 Å². The van der Waals surface area contributed by atoms with Gasteiger partial charge < -0.3 is 10.5 Å². The number of aromatic nitrogens is 2. The summed E-state index contributed by atoms with van der Waals surface area (Å²) in [7, 11) is 1.59. The second-order valence-electron chi connectivity index (χ2n) is 3.05. The molecule has 4 nitrogen and oxygen atoms in total. The predicted molar refractivity (Wildman–Crippen MR) is 60.0 cm³/mol. The van der Waals surface area contributed by atoms with E-state index in [0.717, 1.165) is 11.3 Å². The van der Waals surface area contributed by atoms with Crippen molar-refractivity contribution in [2.45, 2.75) is 0 Å². The van der Waals surface area contributed by atoms with Crippen LogP contribution in [0.15, 0.2) is 24.3 Å². The average Bonchev–Trinajstić information content (AvgIpc) is 2.64. The molecule has 78 valence electrons. The van der Waals surface area contributed by atoms with Crippen molar-refractivity contribution < 1.29 is 4.74 Å². The number of nitrogens with two attached hydrogens (primary N) is 1. The summed E-state index contributed by atoms with van der Waals surface area (Å²) in [4.78, 5) is 0. The number of nitrogens with zero attached hydrogens (tertiary/aromatic N) is 1. The maximum Gasteiger partial charge on any atom is 0.145 e. The Labute approximate surface area is 92.0 Å². The van der Waals surface area contributed by atoms with Gasteiger partial charge >= 0.3 is 0 Å². The van der Waals surface area contributed by atoms with Gasteiger partial charge in [-0.05, 0) is 18.2 Å². The molecule has 1 aromatic heterocycles. The summed E-state index contributed by atoms with van der Waals surface area (Å²) in [5.41, 5.74) is 7.22. The molecule has 0 saturated heterocycles. The van der Waals surface area contributed by atoms with Gasteiger partial charge in [0.15, 0.2) is 0 Å². The molecule has 5 heteroatoms. The molecule has 0 saturated carbocycles. The molecule has 0 aliphatic heterocycles. The molecule has 0 amide bonds. The van der Waals surface area contributed by atoms with Crippen LogP contribution in [-0.2, 0) is 0 Å². The minimum atomic E-state index is 0.446. The fourth-order valence-corrected chi connectivity index (χ4v) is 1.52. The monoisotopic (exact) mass is 223 g/mol. The van der Waals surface area contributed by atoms with Crippen LogP contribution < -0.4 is 10.5 Å². The fourth-order valence-electron chi connectivity index (χ4n) is 1.36. The van der Waals surface area contributed by atoms with Crippen molar-refractivity contribution in [3.05, 3.63) is 29.3 Å². The molecule has 0 unspecified atom stereocenters. The van der Waals surface area contributed by atoms with E-state index in [-0.39, 0.29) is 0 Å². The summed E-state index contributed by atoms with van der Waals surface area (Å²) in [6.45, 7) is 0. The van der Waals surface area contributed by atoms with Crippen LogP contribution in [0.5, 0.6) is 5.75 Å². The number of nitrogen functional groups attached to an aromatic ring is 1. The van der Waals surface area contributed by atoms with E-state index in [0.29, 0.717) is 16.6 Å². The number of rotatable bonds is 2. The van der Waals surface area contributed by atoms with E-state index in [1.807, 2.05) is 6.07 Å². The Morgan fingerprint density at radius 2 is 2.20 bits per heavy atom. The van der Waals surface area contributed by atoms with E-state index in [4.69, 9.17) is 22.1 Å². The number of ether oxygens (including phenoxy) is 1. The third-order valence-corrected chi connectivity index (χ3v) is 2.29. The third-order valence-electron chi connectivity index (χ3n) is 2.05. The van der Waals surface area contributed by atoms with Gasteiger partial charge in [0, 0.05) is 16.7 Å². The van der Waals surface area contributed by atoms with Crippen LogP contribution in [0.4, 0.5) is 5.82 Å². The molecule has 1 aromatic carbocycles. The molecule has 1 heterocycles. The molecule has 0 bridgehead atoms. The molecule has 0 aliphatic carbocycles. The number of anilines is 1. The first-order chi connectivity index (χ1) is 7.20. The SMILES string of the molecule is COc1cc(Cl)ccc1-c1cc(N)n[nH]1. The number of halogens is 1. The molecule has 0 spiro atoms. The number of hydrogen-bond acceptors (Lipinski definition) is 3. The average molecular weight is 224 g/mol. The lowest BCUT2D eigenvalue weighted by Gasteiger charge is -2.06. The summed E-state index contributed by atoms with van der Waals surface area (Å²) < 4.78 is 5.22. The number of H-pyrrole nitrogens is 1. The van der Waals surface area contributed by atoms with E-state index in [2.05, 4.69) is 10.2 Å². The molecule has 0 atom stereocenters. The molecule has 3 N–H and O–H groups in total. The quantitative estimate of drug-likeness (QED) is 0.821. The molecule has 2 aromatic rings. The number of nitrogens with one attached hydrogen (secondary N) is 1. The Hall–Kier alpha value is -1.68. The lowest BCUT2D eigenvalue weighted by Crippen LogP contribution is -1.87. The van der Waals surface area contributed by atoms with E-state index in [9.17, 15) is 0 Å². The van der Waals surface area contributed by atoms with Crippen LogP contribution >= 0.6 is 11.6 Å². The lowest BCUT2D eigenvalue weighted by molar-refractivity contribution is 0.416. The molecular weight excluding hydrogens is 214 g/mol. The van der Waals surface area contributed by atoms with Gasteiger partial charge in [0.05, 0.1) is 12.8 Å². The third kappa shape index (κ3) is 1.89. The Morgan fingerprint density at radius 1 is 1.40 bits per heavy atom. The summed E-state index contributed by atoms with van der Waals surface area (Å²) in [5.74, 6) is 1.13. The zero-order chi connectivity index (χ0) is 10.8. The van der Waals surface area contributed by atoms with Crippen LogP contribution in [0.25, 0.3) is 11.3 Å². The Balaban J connectivity index is 2.52. The van der Waals surface area contributed by atoms with Crippen molar-refractivity contribution >= 4 is 17.4 Å². The first-order valence-corrected chi connectivity index (χ1v) is 4.73. The van der Waals surface area contributed by atoms with Gasteiger partial charge in [-0.1, -0.05) is 11.6 Å².